The summed E-state index contributed by atoms with van der Waals surface area (Å²) in [5, 5.41) is 4.92. The van der Waals surface area contributed by atoms with E-state index in [4.69, 9.17) is 0 Å². The predicted octanol–water partition coefficient (Wildman–Crippen LogP) is 2.48. The zero-order valence-corrected chi connectivity index (χ0v) is 15.5. The number of hydrogen-bond acceptors (Lipinski definition) is 5. The third-order valence-corrected chi connectivity index (χ3v) is 5.33. The summed E-state index contributed by atoms with van der Waals surface area (Å²) in [6, 6.07) is 7.59. The van der Waals surface area contributed by atoms with Crippen molar-refractivity contribution in [2.24, 2.45) is 0 Å². The average Bonchev–Trinajstić information content (AvgIpc) is 3.23. The fraction of sp³-hybridized carbons (Fsp3) is 0.389. The van der Waals surface area contributed by atoms with Crippen LogP contribution in [0.3, 0.4) is 0 Å². The first-order valence-electron chi connectivity index (χ1n) is 8.24. The number of likely N-dealkylation sites (N-methyl/N-ethyl adjacent to an activating group) is 2. The number of amides is 2. The third-order valence-electron chi connectivity index (χ3n) is 4.57. The van der Waals surface area contributed by atoms with Gasteiger partial charge >= 0.3 is 0 Å². The minimum Gasteiger partial charge on any atom is -0.336 e. The van der Waals surface area contributed by atoms with E-state index >= 15 is 0 Å². The van der Waals surface area contributed by atoms with Crippen LogP contribution < -0.4 is 5.32 Å². The van der Waals surface area contributed by atoms with Gasteiger partial charge in [0.05, 0.1) is 0 Å². The summed E-state index contributed by atoms with van der Waals surface area (Å²) in [6.45, 7) is 3.76. The van der Waals surface area contributed by atoms with Gasteiger partial charge in [-0.1, -0.05) is 18.2 Å². The summed E-state index contributed by atoms with van der Waals surface area (Å²) in [5.41, 5.74) is 1.89. The second-order valence-electron chi connectivity index (χ2n) is 6.43. The van der Waals surface area contributed by atoms with Crippen LogP contribution in [0.4, 0.5) is 5.13 Å². The Morgan fingerprint density at radius 3 is 2.80 bits per heavy atom. The van der Waals surface area contributed by atoms with Gasteiger partial charge in [0.15, 0.2) is 5.13 Å². The minimum atomic E-state index is -0.211. The van der Waals surface area contributed by atoms with Crippen molar-refractivity contribution in [1.82, 2.24) is 14.8 Å². The summed E-state index contributed by atoms with van der Waals surface area (Å²) in [4.78, 5) is 33.2. The first-order chi connectivity index (χ1) is 12.0. The lowest BCUT2D eigenvalue weighted by Gasteiger charge is -2.23. The minimum absolute atomic E-state index is 0.104. The fourth-order valence-electron chi connectivity index (χ4n) is 3.00. The normalized spacial score (nSPS) is 17.5. The molecule has 0 radical (unpaired) electrons. The molecule has 7 heteroatoms. The maximum atomic E-state index is 12.6. The van der Waals surface area contributed by atoms with Gasteiger partial charge < -0.3 is 9.80 Å². The Balaban J connectivity index is 1.67. The number of anilines is 1. The highest BCUT2D eigenvalue weighted by molar-refractivity contribution is 7.14. The lowest BCUT2D eigenvalue weighted by Crippen LogP contribution is -2.38. The molecule has 2 amide bonds. The predicted molar refractivity (Wildman–Crippen MR) is 99.2 cm³/mol. The van der Waals surface area contributed by atoms with Gasteiger partial charge in [-0.15, -0.1) is 11.3 Å². The van der Waals surface area contributed by atoms with Crippen LogP contribution in [-0.2, 0) is 0 Å². The van der Waals surface area contributed by atoms with Gasteiger partial charge in [-0.3, -0.25) is 14.9 Å². The van der Waals surface area contributed by atoms with Crippen LogP contribution in [0.5, 0.6) is 0 Å². The topological polar surface area (TPSA) is 65.5 Å². The van der Waals surface area contributed by atoms with Crippen LogP contribution in [0.2, 0.25) is 0 Å². The third kappa shape index (κ3) is 3.88. The molecule has 3 rings (SSSR count). The van der Waals surface area contributed by atoms with Crippen molar-refractivity contribution in [3.05, 3.63) is 46.5 Å². The SMILES string of the molecule is Cc1ccccc1C(=O)Nc1nc(C(=O)N(C)[C@H]2CCN(C)C2)cs1. The number of nitrogens with one attached hydrogen (secondary N) is 1. The van der Waals surface area contributed by atoms with E-state index in [0.29, 0.717) is 16.4 Å². The number of thiazole rings is 1. The Bertz CT molecular complexity index is 789. The van der Waals surface area contributed by atoms with Gasteiger partial charge in [0, 0.05) is 30.6 Å². The lowest BCUT2D eigenvalue weighted by atomic mass is 10.1. The first-order valence-corrected chi connectivity index (χ1v) is 9.12. The summed E-state index contributed by atoms with van der Waals surface area (Å²) < 4.78 is 0. The molecule has 0 spiro atoms. The number of hydrogen-bond donors (Lipinski definition) is 1. The van der Waals surface area contributed by atoms with Crippen molar-refractivity contribution in [2.45, 2.75) is 19.4 Å². The van der Waals surface area contributed by atoms with E-state index in [1.165, 1.54) is 11.3 Å². The zero-order chi connectivity index (χ0) is 18.0. The van der Waals surface area contributed by atoms with E-state index in [1.54, 1.807) is 16.3 Å². The van der Waals surface area contributed by atoms with E-state index in [9.17, 15) is 9.59 Å². The molecule has 25 heavy (non-hydrogen) atoms. The molecule has 1 saturated heterocycles. The average molecular weight is 358 g/mol. The quantitative estimate of drug-likeness (QED) is 0.912. The van der Waals surface area contributed by atoms with Crippen LogP contribution in [0.15, 0.2) is 29.6 Å². The van der Waals surface area contributed by atoms with Gasteiger partial charge in [-0.05, 0) is 38.6 Å². The molecule has 2 heterocycles. The lowest BCUT2D eigenvalue weighted by molar-refractivity contribution is 0.0732. The standard InChI is InChI=1S/C18H22N4O2S/c1-12-6-4-5-7-14(12)16(23)20-18-19-15(11-25-18)17(24)22(3)13-8-9-21(2)10-13/h4-7,11,13H,8-10H2,1-3H3,(H,19,20,23)/t13-/m0/s1. The summed E-state index contributed by atoms with van der Waals surface area (Å²) in [6.07, 6.45) is 0.972. The molecule has 1 N–H and O–H groups in total. The van der Waals surface area contributed by atoms with Crippen molar-refractivity contribution in [3.8, 4) is 0 Å². The molecule has 1 aliphatic rings. The molecule has 1 aromatic carbocycles. The number of aromatic nitrogens is 1. The Hall–Kier alpha value is -2.25. The fourth-order valence-corrected chi connectivity index (χ4v) is 3.68. The number of carbonyl (C=O) groups excluding carboxylic acids is 2. The summed E-state index contributed by atoms with van der Waals surface area (Å²) >= 11 is 1.27. The molecule has 0 aliphatic carbocycles. The molecule has 132 valence electrons. The van der Waals surface area contributed by atoms with Crippen LogP contribution in [0.1, 0.15) is 32.8 Å². The molecule has 6 nitrogen and oxygen atoms in total. The molecule has 1 atom stereocenters. The highest BCUT2D eigenvalue weighted by atomic mass is 32.1. The van der Waals surface area contributed by atoms with Crippen molar-refractivity contribution >= 4 is 28.3 Å². The van der Waals surface area contributed by atoms with Gasteiger partial charge in [0.1, 0.15) is 5.69 Å². The van der Waals surface area contributed by atoms with Crippen molar-refractivity contribution in [1.29, 1.82) is 0 Å². The molecule has 1 aromatic heterocycles. The van der Waals surface area contributed by atoms with E-state index in [1.807, 2.05) is 32.2 Å². The van der Waals surface area contributed by atoms with Gasteiger partial charge in [0.2, 0.25) is 0 Å². The highest BCUT2D eigenvalue weighted by Gasteiger charge is 2.28. The summed E-state index contributed by atoms with van der Waals surface area (Å²) in [7, 11) is 3.87. The van der Waals surface area contributed by atoms with Gasteiger partial charge in [0.25, 0.3) is 11.8 Å². The molecular formula is C18H22N4O2S. The second-order valence-corrected chi connectivity index (χ2v) is 7.29. The van der Waals surface area contributed by atoms with Gasteiger partial charge in [-0.2, -0.15) is 0 Å². The monoisotopic (exact) mass is 358 g/mol. The molecule has 0 unspecified atom stereocenters. The van der Waals surface area contributed by atoms with E-state index < -0.39 is 0 Å². The largest absolute Gasteiger partial charge is 0.336 e. The van der Waals surface area contributed by atoms with Crippen molar-refractivity contribution < 1.29 is 9.59 Å². The number of benzene rings is 1. The number of likely N-dealkylation sites (tertiary alicyclic amines) is 1. The molecule has 2 aromatic rings. The smallest absolute Gasteiger partial charge is 0.273 e. The van der Waals surface area contributed by atoms with Crippen LogP contribution in [0, 0.1) is 6.92 Å². The Morgan fingerprint density at radius 2 is 2.12 bits per heavy atom. The first kappa shape index (κ1) is 17.6. The summed E-state index contributed by atoms with van der Waals surface area (Å²) in [5.74, 6) is -0.315. The van der Waals surface area contributed by atoms with Crippen molar-refractivity contribution in [2.75, 3.05) is 32.5 Å². The van der Waals surface area contributed by atoms with Crippen LogP contribution in [-0.4, -0.2) is 59.8 Å². The second kappa shape index (κ2) is 7.33. The van der Waals surface area contributed by atoms with E-state index in [2.05, 4.69) is 22.2 Å². The molecule has 0 saturated carbocycles. The Morgan fingerprint density at radius 1 is 1.36 bits per heavy atom. The molecule has 1 fully saturated rings. The molecular weight excluding hydrogens is 336 g/mol. The number of carbonyl (C=O) groups is 2. The van der Waals surface area contributed by atoms with Crippen LogP contribution in [0.25, 0.3) is 0 Å². The number of rotatable bonds is 4. The van der Waals surface area contributed by atoms with E-state index in [0.717, 1.165) is 25.1 Å². The highest BCUT2D eigenvalue weighted by Crippen LogP contribution is 2.20. The van der Waals surface area contributed by atoms with Crippen molar-refractivity contribution in [3.63, 3.8) is 0 Å². The number of nitrogens with zero attached hydrogens (tertiary/aromatic N) is 3. The van der Waals surface area contributed by atoms with Gasteiger partial charge in [-0.25, -0.2) is 4.98 Å². The number of aryl methyl sites for hydroxylation is 1. The Kier molecular flexibility index (Phi) is 5.15. The molecule has 0 bridgehead atoms. The van der Waals surface area contributed by atoms with Crippen LogP contribution >= 0.6 is 11.3 Å². The molecule has 1 aliphatic heterocycles. The van der Waals surface area contributed by atoms with E-state index in [-0.39, 0.29) is 17.9 Å². The maximum absolute atomic E-state index is 12.6. The Labute approximate surface area is 151 Å². The maximum Gasteiger partial charge on any atom is 0.273 e. The zero-order valence-electron chi connectivity index (χ0n) is 14.7.